The number of nitrogens with zero attached hydrogens (tertiary/aromatic N) is 2. The summed E-state index contributed by atoms with van der Waals surface area (Å²) in [7, 11) is 0. The number of fused-ring (bicyclic) bond motifs is 6. The lowest BCUT2D eigenvalue weighted by molar-refractivity contribution is 1.18. The summed E-state index contributed by atoms with van der Waals surface area (Å²) in [5.41, 5.74) is 11.8. The van der Waals surface area contributed by atoms with Gasteiger partial charge in [-0.15, -0.1) is 11.3 Å². The molecule has 0 saturated heterocycles. The third-order valence-electron chi connectivity index (χ3n) is 10.0. The van der Waals surface area contributed by atoms with Gasteiger partial charge < -0.3 is 9.47 Å². The Hall–Kier alpha value is -6.42. The normalized spacial score (nSPS) is 11.5. The number of benzene rings is 8. The molecule has 0 unspecified atom stereocenters. The maximum Gasteiger partial charge on any atom is 0.0541 e. The first-order chi connectivity index (χ1) is 25.3. The molecule has 0 aliphatic rings. The summed E-state index contributed by atoms with van der Waals surface area (Å²) in [5, 5.41) is 5.19. The van der Waals surface area contributed by atoms with Gasteiger partial charge in [-0.3, -0.25) is 0 Å². The van der Waals surface area contributed by atoms with Crippen LogP contribution in [0.25, 0.3) is 69.9 Å². The smallest absolute Gasteiger partial charge is 0.0541 e. The van der Waals surface area contributed by atoms with Crippen LogP contribution in [0.15, 0.2) is 194 Å². The van der Waals surface area contributed by atoms with Crippen LogP contribution in [-0.4, -0.2) is 4.57 Å². The molecule has 0 amide bonds. The zero-order valence-electron chi connectivity index (χ0n) is 27.8. The molecule has 0 aliphatic heterocycles. The summed E-state index contributed by atoms with van der Waals surface area (Å²) < 4.78 is 5.06. The van der Waals surface area contributed by atoms with E-state index in [0.717, 1.165) is 17.1 Å². The average Bonchev–Trinajstić information content (AvgIpc) is 3.75. The predicted octanol–water partition coefficient (Wildman–Crippen LogP) is 14.0. The number of para-hydroxylation sites is 4. The Labute approximate surface area is 300 Å². The van der Waals surface area contributed by atoms with E-state index in [1.165, 1.54) is 69.9 Å². The summed E-state index contributed by atoms with van der Waals surface area (Å²) >= 11 is 1.86. The fourth-order valence-electron chi connectivity index (χ4n) is 7.71. The van der Waals surface area contributed by atoms with E-state index in [0.29, 0.717) is 0 Å². The Morgan fingerprint density at radius 3 is 1.53 bits per heavy atom. The Bertz CT molecular complexity index is 2790. The number of thiophene rings is 1. The Morgan fingerprint density at radius 2 is 0.843 bits per heavy atom. The minimum absolute atomic E-state index is 1.11. The van der Waals surface area contributed by atoms with E-state index in [-0.39, 0.29) is 0 Å². The Kier molecular flexibility index (Phi) is 7.04. The second kappa shape index (κ2) is 12.2. The monoisotopic (exact) mass is 668 g/mol. The third kappa shape index (κ3) is 4.93. The molecule has 2 heterocycles. The van der Waals surface area contributed by atoms with Gasteiger partial charge >= 0.3 is 0 Å². The third-order valence-corrected chi connectivity index (χ3v) is 11.2. The van der Waals surface area contributed by atoms with Crippen LogP contribution in [0.4, 0.5) is 17.1 Å². The second-order valence-electron chi connectivity index (χ2n) is 12.9. The van der Waals surface area contributed by atoms with Gasteiger partial charge in [-0.1, -0.05) is 127 Å². The number of aromatic nitrogens is 1. The fraction of sp³-hybridized carbons (Fsp3) is 0. The minimum Gasteiger partial charge on any atom is -0.311 e. The topological polar surface area (TPSA) is 8.17 Å². The molecular formula is C48H32N2S. The van der Waals surface area contributed by atoms with Crippen LogP contribution < -0.4 is 4.90 Å². The Morgan fingerprint density at radius 1 is 0.353 bits per heavy atom. The van der Waals surface area contributed by atoms with E-state index >= 15 is 0 Å². The Balaban J connectivity index is 1.05. The predicted molar refractivity (Wildman–Crippen MR) is 219 cm³/mol. The van der Waals surface area contributed by atoms with Crippen molar-refractivity contribution >= 4 is 70.4 Å². The van der Waals surface area contributed by atoms with Crippen LogP contribution in [0, 0.1) is 0 Å². The molecule has 10 aromatic rings. The van der Waals surface area contributed by atoms with Gasteiger partial charge in [0.05, 0.1) is 16.7 Å². The summed E-state index contributed by atoms with van der Waals surface area (Å²) in [5.74, 6) is 0. The van der Waals surface area contributed by atoms with Crippen molar-refractivity contribution in [1.29, 1.82) is 0 Å². The first kappa shape index (κ1) is 29.5. The molecule has 0 N–H and O–H groups in total. The van der Waals surface area contributed by atoms with E-state index in [4.69, 9.17) is 0 Å². The highest BCUT2D eigenvalue weighted by Gasteiger charge is 2.17. The van der Waals surface area contributed by atoms with Gasteiger partial charge in [0.25, 0.3) is 0 Å². The highest BCUT2D eigenvalue weighted by Crippen LogP contribution is 2.42. The first-order valence-electron chi connectivity index (χ1n) is 17.4. The molecule has 0 saturated carbocycles. The van der Waals surface area contributed by atoms with E-state index in [2.05, 4.69) is 204 Å². The van der Waals surface area contributed by atoms with Crippen LogP contribution in [-0.2, 0) is 0 Å². The lowest BCUT2D eigenvalue weighted by Gasteiger charge is -2.26. The molecule has 0 atom stereocenters. The standard InChI is InChI=1S/C48H32N2S/c1-2-13-35(14-3-1)49(37-31-27-34(28-32-37)39-19-12-24-47-48(39)42-18-7-11-23-46(42)51-47)36-29-25-33(26-30-36)38-15-4-8-20-43(38)50-44-21-9-5-16-40(44)41-17-6-10-22-45(41)50/h1-32H. The maximum absolute atomic E-state index is 2.41. The van der Waals surface area contributed by atoms with Gasteiger partial charge in [-0.25, -0.2) is 0 Å². The van der Waals surface area contributed by atoms with Crippen molar-refractivity contribution in [3.8, 4) is 27.9 Å². The van der Waals surface area contributed by atoms with Crippen molar-refractivity contribution in [3.05, 3.63) is 194 Å². The molecule has 0 radical (unpaired) electrons. The summed E-state index contributed by atoms with van der Waals surface area (Å²) in [6, 6.07) is 70.2. The van der Waals surface area contributed by atoms with Crippen molar-refractivity contribution < 1.29 is 0 Å². The van der Waals surface area contributed by atoms with Crippen molar-refractivity contribution in [2.24, 2.45) is 0 Å². The molecule has 3 heteroatoms. The zero-order chi connectivity index (χ0) is 33.7. The molecule has 0 spiro atoms. The molecule has 240 valence electrons. The molecule has 0 fully saturated rings. The van der Waals surface area contributed by atoms with E-state index < -0.39 is 0 Å². The molecule has 2 nitrogen and oxygen atoms in total. The number of hydrogen-bond donors (Lipinski definition) is 0. The number of anilines is 3. The van der Waals surface area contributed by atoms with Crippen molar-refractivity contribution in [1.82, 2.24) is 4.57 Å². The van der Waals surface area contributed by atoms with Crippen LogP contribution in [0.5, 0.6) is 0 Å². The average molecular weight is 669 g/mol. The van der Waals surface area contributed by atoms with Crippen LogP contribution in [0.3, 0.4) is 0 Å². The highest BCUT2D eigenvalue weighted by molar-refractivity contribution is 7.25. The van der Waals surface area contributed by atoms with Gasteiger partial charge in [0.2, 0.25) is 0 Å². The molecule has 8 aromatic carbocycles. The quantitative estimate of drug-likeness (QED) is 0.171. The first-order valence-corrected chi connectivity index (χ1v) is 18.2. The lowest BCUT2D eigenvalue weighted by Crippen LogP contribution is -2.09. The molecule has 2 aromatic heterocycles. The fourth-order valence-corrected chi connectivity index (χ4v) is 8.85. The van der Waals surface area contributed by atoms with Gasteiger partial charge in [-0.05, 0) is 83.4 Å². The van der Waals surface area contributed by atoms with Gasteiger partial charge in [0.15, 0.2) is 0 Å². The van der Waals surface area contributed by atoms with Crippen molar-refractivity contribution in [2.75, 3.05) is 4.90 Å². The SMILES string of the molecule is c1ccc(N(c2ccc(-c3ccccc3-n3c4ccccc4c4ccccc43)cc2)c2ccc(-c3cccc4sc5ccccc5c34)cc2)cc1. The maximum atomic E-state index is 2.41. The summed E-state index contributed by atoms with van der Waals surface area (Å²) in [6.45, 7) is 0. The van der Waals surface area contributed by atoms with E-state index in [1.807, 2.05) is 11.3 Å². The molecule has 0 aliphatic carbocycles. The van der Waals surface area contributed by atoms with Crippen LogP contribution in [0.2, 0.25) is 0 Å². The molecular weight excluding hydrogens is 637 g/mol. The van der Waals surface area contributed by atoms with Crippen molar-refractivity contribution in [2.45, 2.75) is 0 Å². The van der Waals surface area contributed by atoms with E-state index in [1.54, 1.807) is 0 Å². The zero-order valence-corrected chi connectivity index (χ0v) is 28.6. The summed E-state index contributed by atoms with van der Waals surface area (Å²) in [4.78, 5) is 2.34. The number of hydrogen-bond acceptors (Lipinski definition) is 2. The molecule has 51 heavy (non-hydrogen) atoms. The van der Waals surface area contributed by atoms with E-state index in [9.17, 15) is 0 Å². The summed E-state index contributed by atoms with van der Waals surface area (Å²) in [6.07, 6.45) is 0. The van der Waals surface area contributed by atoms with Gasteiger partial charge in [-0.2, -0.15) is 0 Å². The molecule has 10 rings (SSSR count). The largest absolute Gasteiger partial charge is 0.311 e. The molecule has 0 bridgehead atoms. The van der Waals surface area contributed by atoms with Crippen molar-refractivity contribution in [3.63, 3.8) is 0 Å². The van der Waals surface area contributed by atoms with Gasteiger partial charge in [0, 0.05) is 53.6 Å². The second-order valence-corrected chi connectivity index (χ2v) is 14.0. The minimum atomic E-state index is 1.11. The highest BCUT2D eigenvalue weighted by atomic mass is 32.1. The number of rotatable bonds is 6. The van der Waals surface area contributed by atoms with Crippen LogP contribution >= 0.6 is 11.3 Å². The van der Waals surface area contributed by atoms with Gasteiger partial charge in [0.1, 0.15) is 0 Å². The van der Waals surface area contributed by atoms with Crippen LogP contribution in [0.1, 0.15) is 0 Å². The lowest BCUT2D eigenvalue weighted by atomic mass is 9.99.